The molecule has 0 unspecified atom stereocenters. The van der Waals surface area contributed by atoms with Crippen LogP contribution in [0.3, 0.4) is 0 Å². The van der Waals surface area contributed by atoms with E-state index in [9.17, 15) is 19.2 Å². The Hall–Kier alpha value is -2.12. The zero-order chi connectivity index (χ0) is 17.4. The quantitative estimate of drug-likeness (QED) is 0.459. The van der Waals surface area contributed by atoms with Gasteiger partial charge in [-0.05, 0) is 25.7 Å². The van der Waals surface area contributed by atoms with Crippen LogP contribution in [0.25, 0.3) is 0 Å². The second kappa shape index (κ2) is 15.3. The van der Waals surface area contributed by atoms with Crippen LogP contribution in [0.2, 0.25) is 0 Å². The highest BCUT2D eigenvalue weighted by Gasteiger charge is 2.01. The van der Waals surface area contributed by atoms with E-state index in [2.05, 4.69) is 9.47 Å². The monoisotopic (exact) mass is 320 g/mol. The number of hydrogen-bond acceptors (Lipinski definition) is 6. The van der Waals surface area contributed by atoms with Crippen molar-refractivity contribution in [2.45, 2.75) is 51.4 Å². The average Bonchev–Trinajstić information content (AvgIpc) is 2.47. The first-order valence-electron chi connectivity index (χ1n) is 6.90. The summed E-state index contributed by atoms with van der Waals surface area (Å²) in [7, 11) is 2.64. The van der Waals surface area contributed by atoms with Crippen molar-refractivity contribution in [3.8, 4) is 0 Å². The van der Waals surface area contributed by atoms with E-state index < -0.39 is 11.9 Å². The molecule has 0 radical (unpaired) electrons. The number of methoxy groups -OCH3 is 2. The normalized spacial score (nSPS) is 9.18. The predicted octanol–water partition coefficient (Wildman–Crippen LogP) is 1.61. The highest BCUT2D eigenvalue weighted by Crippen LogP contribution is 2.01. The molecule has 0 spiro atoms. The molecule has 0 aliphatic heterocycles. The molecule has 0 fully saturated rings. The molecule has 0 saturated carbocycles. The van der Waals surface area contributed by atoms with Crippen molar-refractivity contribution >= 4 is 23.9 Å². The lowest BCUT2D eigenvalue weighted by Crippen LogP contribution is -2.00. The van der Waals surface area contributed by atoms with Gasteiger partial charge in [-0.15, -0.1) is 0 Å². The van der Waals surface area contributed by atoms with Gasteiger partial charge in [-0.2, -0.15) is 0 Å². The first-order chi connectivity index (χ1) is 10.3. The average molecular weight is 320 g/mol. The van der Waals surface area contributed by atoms with Gasteiger partial charge in [-0.25, -0.2) is 0 Å². The van der Waals surface area contributed by atoms with Gasteiger partial charge in [0.2, 0.25) is 0 Å². The molecule has 22 heavy (non-hydrogen) atoms. The van der Waals surface area contributed by atoms with Gasteiger partial charge in [0.15, 0.2) is 0 Å². The summed E-state index contributed by atoms with van der Waals surface area (Å²) in [5.41, 5.74) is 0. The third kappa shape index (κ3) is 20.2. The molecular weight excluding hydrogens is 296 g/mol. The molecule has 0 saturated heterocycles. The maximum Gasteiger partial charge on any atom is 0.305 e. The van der Waals surface area contributed by atoms with Crippen molar-refractivity contribution in [2.24, 2.45) is 0 Å². The zero-order valence-corrected chi connectivity index (χ0v) is 13.0. The van der Waals surface area contributed by atoms with Crippen molar-refractivity contribution < 1.29 is 38.9 Å². The lowest BCUT2D eigenvalue weighted by Gasteiger charge is -1.96. The minimum atomic E-state index is -0.824. The van der Waals surface area contributed by atoms with Gasteiger partial charge in [-0.3, -0.25) is 19.2 Å². The van der Waals surface area contributed by atoms with Gasteiger partial charge >= 0.3 is 23.9 Å². The molecule has 128 valence electrons. The molecule has 0 heterocycles. The molecule has 0 amide bonds. The van der Waals surface area contributed by atoms with Gasteiger partial charge in [0.25, 0.3) is 0 Å². The molecule has 8 heteroatoms. The van der Waals surface area contributed by atoms with Crippen molar-refractivity contribution in [2.75, 3.05) is 14.2 Å². The fourth-order valence-electron chi connectivity index (χ4n) is 1.30. The van der Waals surface area contributed by atoms with Crippen LogP contribution >= 0.6 is 0 Å². The number of rotatable bonds is 10. The number of ether oxygens (including phenoxy) is 2. The van der Waals surface area contributed by atoms with Crippen molar-refractivity contribution in [3.63, 3.8) is 0 Å². The van der Waals surface area contributed by atoms with E-state index in [0.29, 0.717) is 38.5 Å². The molecule has 0 atom stereocenters. The standard InChI is InChI=1S/2C7H12O4/c2*1-11-7(10)5-3-2-4-6(8)9/h2*2-5H2,1H3,(H,8,9). The van der Waals surface area contributed by atoms with E-state index in [1.165, 1.54) is 14.2 Å². The molecule has 0 aliphatic rings. The number of carboxylic acids is 2. The topological polar surface area (TPSA) is 127 Å². The third-order valence-corrected chi connectivity index (χ3v) is 2.50. The lowest BCUT2D eigenvalue weighted by atomic mass is 10.2. The van der Waals surface area contributed by atoms with Gasteiger partial charge < -0.3 is 19.7 Å². The number of hydrogen-bond donors (Lipinski definition) is 2. The van der Waals surface area contributed by atoms with Gasteiger partial charge in [-0.1, -0.05) is 0 Å². The largest absolute Gasteiger partial charge is 0.481 e. The van der Waals surface area contributed by atoms with E-state index in [0.717, 1.165) is 0 Å². The smallest absolute Gasteiger partial charge is 0.305 e. The van der Waals surface area contributed by atoms with Crippen molar-refractivity contribution in [1.29, 1.82) is 0 Å². The maximum absolute atomic E-state index is 10.5. The molecule has 0 bridgehead atoms. The summed E-state index contributed by atoms with van der Waals surface area (Å²) >= 11 is 0. The number of carbonyl (C=O) groups is 4. The van der Waals surface area contributed by atoms with E-state index in [4.69, 9.17) is 10.2 Å². The Labute approximate surface area is 129 Å². The summed E-state index contributed by atoms with van der Waals surface area (Å²) in [6.07, 6.45) is 3.09. The number of carboxylic acid groups (broad SMARTS) is 2. The van der Waals surface area contributed by atoms with E-state index in [-0.39, 0.29) is 24.8 Å². The highest BCUT2D eigenvalue weighted by atomic mass is 16.5. The molecule has 0 rings (SSSR count). The summed E-state index contributed by atoms with van der Waals surface area (Å²) in [5, 5.41) is 16.4. The van der Waals surface area contributed by atoms with Crippen LogP contribution in [0, 0.1) is 0 Å². The first kappa shape index (κ1) is 22.2. The molecule has 8 nitrogen and oxygen atoms in total. The van der Waals surface area contributed by atoms with Gasteiger partial charge in [0.05, 0.1) is 14.2 Å². The van der Waals surface area contributed by atoms with E-state index in [1.807, 2.05) is 0 Å². The van der Waals surface area contributed by atoms with E-state index in [1.54, 1.807) is 0 Å². The molecule has 0 aromatic carbocycles. The second-order valence-electron chi connectivity index (χ2n) is 4.35. The Kier molecular flexibility index (Phi) is 15.4. The first-order valence-corrected chi connectivity index (χ1v) is 6.90. The minimum absolute atomic E-state index is 0.122. The fourth-order valence-corrected chi connectivity index (χ4v) is 1.30. The highest BCUT2D eigenvalue weighted by molar-refractivity contribution is 5.70. The van der Waals surface area contributed by atoms with Crippen LogP contribution in [0.4, 0.5) is 0 Å². The Morgan fingerprint density at radius 3 is 1.14 bits per heavy atom. The van der Waals surface area contributed by atoms with Crippen LogP contribution in [0.1, 0.15) is 51.4 Å². The molecule has 2 N–H and O–H groups in total. The van der Waals surface area contributed by atoms with Crippen LogP contribution in [0.5, 0.6) is 0 Å². The lowest BCUT2D eigenvalue weighted by molar-refractivity contribution is -0.142. The third-order valence-electron chi connectivity index (χ3n) is 2.50. The van der Waals surface area contributed by atoms with Crippen molar-refractivity contribution in [3.05, 3.63) is 0 Å². The Morgan fingerprint density at radius 2 is 0.909 bits per heavy atom. The Morgan fingerprint density at radius 1 is 0.636 bits per heavy atom. The predicted molar refractivity (Wildman–Crippen MR) is 76.2 cm³/mol. The summed E-state index contributed by atoms with van der Waals surface area (Å²) in [6.45, 7) is 0. The van der Waals surface area contributed by atoms with Crippen LogP contribution in [0.15, 0.2) is 0 Å². The second-order valence-corrected chi connectivity index (χ2v) is 4.35. The number of unbranched alkanes of at least 4 members (excludes halogenated alkanes) is 2. The summed E-state index contributed by atoms with van der Waals surface area (Å²) in [6, 6.07) is 0. The zero-order valence-electron chi connectivity index (χ0n) is 13.0. The van der Waals surface area contributed by atoms with Gasteiger partial charge in [0, 0.05) is 25.7 Å². The van der Waals surface area contributed by atoms with Crippen LogP contribution in [-0.4, -0.2) is 48.3 Å². The molecule has 0 aromatic rings. The maximum atomic E-state index is 10.5. The fraction of sp³-hybridized carbons (Fsp3) is 0.714. The molecule has 0 aliphatic carbocycles. The summed E-state index contributed by atoms with van der Waals surface area (Å²) in [4.78, 5) is 41.0. The summed E-state index contributed by atoms with van der Waals surface area (Å²) < 4.78 is 8.74. The molecular formula is C14H24O8. The van der Waals surface area contributed by atoms with Gasteiger partial charge in [0.1, 0.15) is 0 Å². The number of aliphatic carboxylic acids is 2. The number of carbonyl (C=O) groups excluding carboxylic acids is 2. The van der Waals surface area contributed by atoms with Crippen molar-refractivity contribution in [1.82, 2.24) is 0 Å². The van der Waals surface area contributed by atoms with Crippen LogP contribution in [-0.2, 0) is 28.7 Å². The Bertz CT molecular complexity index is 317. The summed E-state index contributed by atoms with van der Waals surface area (Å²) in [5.74, 6) is -2.21. The Balaban J connectivity index is 0. The number of esters is 2. The minimum Gasteiger partial charge on any atom is -0.481 e. The van der Waals surface area contributed by atoms with Crippen LogP contribution < -0.4 is 0 Å². The van der Waals surface area contributed by atoms with E-state index >= 15 is 0 Å². The SMILES string of the molecule is COC(=O)CCCCC(=O)O.COC(=O)CCCCC(=O)O. The molecule has 0 aromatic heterocycles.